The number of aryl methyl sites for hydroxylation is 1. The third-order valence-corrected chi connectivity index (χ3v) is 5.85. The summed E-state index contributed by atoms with van der Waals surface area (Å²) in [4.78, 5) is 27.6. The fraction of sp³-hybridized carbons (Fsp3) is 0.440. The smallest absolute Gasteiger partial charge is 0.261 e. The Morgan fingerprint density at radius 2 is 1.78 bits per heavy atom. The Bertz CT molecular complexity index is 887. The molecule has 0 aromatic heterocycles. The van der Waals surface area contributed by atoms with Gasteiger partial charge in [0.2, 0.25) is 5.91 Å². The number of rotatable bonds is 12. The molecule has 2 aromatic carbocycles. The summed E-state index contributed by atoms with van der Waals surface area (Å²) >= 11 is 12.4. The van der Waals surface area contributed by atoms with Crippen molar-refractivity contribution < 1.29 is 14.3 Å². The first-order chi connectivity index (χ1) is 15.4. The molecule has 0 aliphatic carbocycles. The van der Waals surface area contributed by atoms with Gasteiger partial charge >= 0.3 is 0 Å². The van der Waals surface area contributed by atoms with Crippen molar-refractivity contribution in [2.75, 3.05) is 13.2 Å². The maximum atomic E-state index is 13.2. The van der Waals surface area contributed by atoms with Crippen molar-refractivity contribution in [1.29, 1.82) is 0 Å². The second-order valence-electron chi connectivity index (χ2n) is 7.61. The third kappa shape index (κ3) is 7.72. The first-order valence-electron chi connectivity index (χ1n) is 11.1. The minimum atomic E-state index is -0.628. The van der Waals surface area contributed by atoms with Crippen molar-refractivity contribution in [3.05, 3.63) is 63.6 Å². The molecule has 1 N–H and O–H groups in total. The highest BCUT2D eigenvalue weighted by Crippen LogP contribution is 2.24. The van der Waals surface area contributed by atoms with Crippen LogP contribution in [0.25, 0.3) is 0 Å². The Morgan fingerprint density at radius 1 is 1.06 bits per heavy atom. The zero-order chi connectivity index (χ0) is 23.5. The van der Waals surface area contributed by atoms with E-state index >= 15 is 0 Å². The van der Waals surface area contributed by atoms with Gasteiger partial charge in [-0.1, -0.05) is 68.6 Å². The molecule has 5 nitrogen and oxygen atoms in total. The lowest BCUT2D eigenvalue weighted by molar-refractivity contribution is -0.143. The second kappa shape index (κ2) is 13.3. The normalized spacial score (nSPS) is 11.7. The number of nitrogens with one attached hydrogen (secondary N) is 1. The number of carbonyl (C=O) groups excluding carboxylic acids is 2. The van der Waals surface area contributed by atoms with Crippen LogP contribution in [0.1, 0.15) is 51.2 Å². The second-order valence-corrected chi connectivity index (χ2v) is 8.46. The van der Waals surface area contributed by atoms with Gasteiger partial charge in [0, 0.05) is 23.1 Å². The van der Waals surface area contributed by atoms with E-state index in [0.717, 1.165) is 24.8 Å². The molecule has 0 saturated carbocycles. The lowest BCUT2D eigenvalue weighted by Gasteiger charge is -2.31. The summed E-state index contributed by atoms with van der Waals surface area (Å²) in [5.41, 5.74) is 1.91. The maximum Gasteiger partial charge on any atom is 0.261 e. The molecule has 2 amide bonds. The van der Waals surface area contributed by atoms with Crippen LogP contribution in [0, 0.1) is 0 Å². The van der Waals surface area contributed by atoms with Crippen LogP contribution >= 0.6 is 23.2 Å². The average molecular weight is 479 g/mol. The summed E-state index contributed by atoms with van der Waals surface area (Å²) in [6.45, 7) is 6.62. The first kappa shape index (κ1) is 26.0. The molecular formula is C25H32Cl2N2O3. The molecule has 0 unspecified atom stereocenters. The molecule has 0 radical (unpaired) electrons. The van der Waals surface area contributed by atoms with E-state index in [2.05, 4.69) is 19.2 Å². The molecule has 0 spiro atoms. The zero-order valence-electron chi connectivity index (χ0n) is 19.0. The molecule has 174 valence electrons. The fourth-order valence-electron chi connectivity index (χ4n) is 3.31. The van der Waals surface area contributed by atoms with E-state index in [1.807, 2.05) is 31.2 Å². The van der Waals surface area contributed by atoms with Crippen LogP contribution in [0.4, 0.5) is 0 Å². The fourth-order valence-corrected chi connectivity index (χ4v) is 3.78. The number of nitrogens with zero attached hydrogens (tertiary/aromatic N) is 1. The standard InChI is InChI=1S/C25H32Cl2N2O3/c1-4-7-14-28-25(31)23(6-3)29(16-19-10-11-20(26)15-22(19)27)24(30)17-32-21-12-8-18(5-2)9-13-21/h8-13,15,23H,4-7,14,16-17H2,1-3H3,(H,28,31)/t23-/m0/s1. The summed E-state index contributed by atoms with van der Waals surface area (Å²) in [6.07, 6.45) is 3.26. The Balaban J connectivity index is 2.19. The van der Waals surface area contributed by atoms with Gasteiger partial charge in [-0.05, 0) is 54.7 Å². The molecule has 7 heteroatoms. The van der Waals surface area contributed by atoms with Gasteiger partial charge in [-0.15, -0.1) is 0 Å². The molecule has 2 rings (SSSR count). The number of hydrogen-bond acceptors (Lipinski definition) is 3. The number of unbranched alkanes of at least 4 members (excludes halogenated alkanes) is 1. The van der Waals surface area contributed by atoms with E-state index in [9.17, 15) is 9.59 Å². The van der Waals surface area contributed by atoms with Crippen molar-refractivity contribution in [1.82, 2.24) is 10.2 Å². The minimum absolute atomic E-state index is 0.171. The lowest BCUT2D eigenvalue weighted by Crippen LogP contribution is -2.50. The van der Waals surface area contributed by atoms with Crippen LogP contribution in [0.5, 0.6) is 5.75 Å². The highest BCUT2D eigenvalue weighted by Gasteiger charge is 2.29. The van der Waals surface area contributed by atoms with Gasteiger partial charge in [-0.3, -0.25) is 9.59 Å². The monoisotopic (exact) mass is 478 g/mol. The van der Waals surface area contributed by atoms with Crippen LogP contribution in [0.3, 0.4) is 0 Å². The molecule has 2 aromatic rings. The molecule has 1 atom stereocenters. The summed E-state index contributed by atoms with van der Waals surface area (Å²) in [6, 6.07) is 12.1. The molecule has 0 heterocycles. The molecule has 0 aliphatic rings. The van der Waals surface area contributed by atoms with Gasteiger partial charge < -0.3 is 15.0 Å². The van der Waals surface area contributed by atoms with Gasteiger partial charge in [-0.25, -0.2) is 0 Å². The van der Waals surface area contributed by atoms with E-state index in [1.54, 1.807) is 18.2 Å². The van der Waals surface area contributed by atoms with Crippen molar-refractivity contribution in [2.45, 2.75) is 59.0 Å². The SMILES string of the molecule is CCCCNC(=O)[C@H](CC)N(Cc1ccc(Cl)cc1Cl)C(=O)COc1ccc(CC)cc1. The number of ether oxygens (including phenoxy) is 1. The Kier molecular flexibility index (Phi) is 10.8. The van der Waals surface area contributed by atoms with Crippen molar-refractivity contribution in [2.24, 2.45) is 0 Å². The molecule has 32 heavy (non-hydrogen) atoms. The van der Waals surface area contributed by atoms with Crippen molar-refractivity contribution in [3.8, 4) is 5.75 Å². The minimum Gasteiger partial charge on any atom is -0.484 e. The predicted molar refractivity (Wildman–Crippen MR) is 130 cm³/mol. The number of hydrogen-bond donors (Lipinski definition) is 1. The predicted octanol–water partition coefficient (Wildman–Crippen LogP) is 5.66. The van der Waals surface area contributed by atoms with Crippen molar-refractivity contribution in [3.63, 3.8) is 0 Å². The summed E-state index contributed by atoms with van der Waals surface area (Å²) in [5.74, 6) is 0.153. The van der Waals surface area contributed by atoms with Gasteiger partial charge in [-0.2, -0.15) is 0 Å². The average Bonchev–Trinajstić information content (AvgIpc) is 2.79. The summed E-state index contributed by atoms with van der Waals surface area (Å²) < 4.78 is 5.73. The van der Waals surface area contributed by atoms with Crippen LogP contribution in [0.2, 0.25) is 10.0 Å². The lowest BCUT2D eigenvalue weighted by atomic mass is 10.1. The van der Waals surface area contributed by atoms with Gasteiger partial charge in [0.05, 0.1) is 0 Å². The van der Waals surface area contributed by atoms with Crippen LogP contribution in [0.15, 0.2) is 42.5 Å². The van der Waals surface area contributed by atoms with E-state index in [0.29, 0.717) is 28.8 Å². The topological polar surface area (TPSA) is 58.6 Å². The summed E-state index contributed by atoms with van der Waals surface area (Å²) in [7, 11) is 0. The third-order valence-electron chi connectivity index (χ3n) is 5.27. The van der Waals surface area contributed by atoms with E-state index < -0.39 is 6.04 Å². The largest absolute Gasteiger partial charge is 0.484 e. The Morgan fingerprint density at radius 3 is 2.38 bits per heavy atom. The highest BCUT2D eigenvalue weighted by molar-refractivity contribution is 6.35. The molecule has 0 aliphatic heterocycles. The van der Waals surface area contributed by atoms with Crippen LogP contribution < -0.4 is 10.1 Å². The van der Waals surface area contributed by atoms with E-state index in [4.69, 9.17) is 27.9 Å². The van der Waals surface area contributed by atoms with E-state index in [1.165, 1.54) is 10.5 Å². The van der Waals surface area contributed by atoms with Crippen LogP contribution in [-0.2, 0) is 22.6 Å². The maximum absolute atomic E-state index is 13.2. The van der Waals surface area contributed by atoms with Crippen molar-refractivity contribution >= 4 is 35.0 Å². The summed E-state index contributed by atoms with van der Waals surface area (Å²) in [5, 5.41) is 3.90. The van der Waals surface area contributed by atoms with Gasteiger partial charge in [0.25, 0.3) is 5.91 Å². The Hall–Kier alpha value is -2.24. The first-order valence-corrected chi connectivity index (χ1v) is 11.9. The molecular weight excluding hydrogens is 447 g/mol. The Labute approximate surface area is 201 Å². The van der Waals surface area contributed by atoms with Crippen LogP contribution in [-0.4, -0.2) is 35.9 Å². The number of halogens is 2. The highest BCUT2D eigenvalue weighted by atomic mass is 35.5. The molecule has 0 fully saturated rings. The van der Waals surface area contributed by atoms with Gasteiger partial charge in [0.15, 0.2) is 6.61 Å². The quantitative estimate of drug-likeness (QED) is 0.400. The molecule has 0 bridgehead atoms. The zero-order valence-corrected chi connectivity index (χ0v) is 20.5. The number of benzene rings is 2. The van der Waals surface area contributed by atoms with E-state index in [-0.39, 0.29) is 25.0 Å². The molecule has 0 saturated heterocycles. The van der Waals surface area contributed by atoms with Gasteiger partial charge in [0.1, 0.15) is 11.8 Å². The number of carbonyl (C=O) groups is 2. The number of amides is 2.